The Kier molecular flexibility index (Phi) is 3.55. The molecular formula is C11H15NO3. The van der Waals surface area contributed by atoms with Crippen molar-refractivity contribution in [2.24, 2.45) is 0 Å². The smallest absolute Gasteiger partial charge is 0.409 e. The van der Waals surface area contributed by atoms with E-state index in [1.165, 1.54) is 12.0 Å². The number of carbonyl (C=O) groups is 1. The van der Waals surface area contributed by atoms with E-state index in [0.29, 0.717) is 5.56 Å². The van der Waals surface area contributed by atoms with Crippen molar-refractivity contribution in [3.8, 4) is 5.75 Å². The lowest BCUT2D eigenvalue weighted by Gasteiger charge is -2.24. The van der Waals surface area contributed by atoms with Crippen molar-refractivity contribution in [3.05, 3.63) is 29.8 Å². The third-order valence-corrected chi connectivity index (χ3v) is 2.43. The number of hydrogen-bond donors (Lipinski definition) is 1. The molecule has 15 heavy (non-hydrogen) atoms. The number of phenols is 1. The largest absolute Gasteiger partial charge is 0.508 e. The molecule has 1 N–H and O–H groups in total. The van der Waals surface area contributed by atoms with Gasteiger partial charge >= 0.3 is 6.09 Å². The van der Waals surface area contributed by atoms with Gasteiger partial charge in [-0.15, -0.1) is 0 Å². The summed E-state index contributed by atoms with van der Waals surface area (Å²) in [7, 11) is 2.96. The summed E-state index contributed by atoms with van der Waals surface area (Å²) in [4.78, 5) is 12.7. The zero-order valence-electron chi connectivity index (χ0n) is 9.10. The van der Waals surface area contributed by atoms with Crippen LogP contribution < -0.4 is 0 Å². The van der Waals surface area contributed by atoms with Crippen LogP contribution in [0, 0.1) is 0 Å². The second kappa shape index (κ2) is 4.68. The summed E-state index contributed by atoms with van der Waals surface area (Å²) < 4.78 is 4.60. The van der Waals surface area contributed by atoms with E-state index >= 15 is 0 Å². The quantitative estimate of drug-likeness (QED) is 0.811. The zero-order valence-corrected chi connectivity index (χ0v) is 9.10. The summed E-state index contributed by atoms with van der Waals surface area (Å²) in [6.45, 7) is 1.83. The lowest BCUT2D eigenvalue weighted by atomic mass is 10.1. The van der Waals surface area contributed by atoms with E-state index in [1.54, 1.807) is 25.2 Å². The number of hydrogen-bond acceptors (Lipinski definition) is 3. The average Bonchev–Trinajstić information content (AvgIpc) is 2.26. The Balaban J connectivity index is 2.89. The molecule has 1 atom stereocenters. The zero-order chi connectivity index (χ0) is 11.4. The van der Waals surface area contributed by atoms with Crippen molar-refractivity contribution in [1.29, 1.82) is 0 Å². The molecule has 0 heterocycles. The van der Waals surface area contributed by atoms with Gasteiger partial charge in [-0.1, -0.05) is 18.2 Å². The van der Waals surface area contributed by atoms with E-state index in [0.717, 1.165) is 0 Å². The Morgan fingerprint density at radius 3 is 2.60 bits per heavy atom. The predicted molar refractivity (Wildman–Crippen MR) is 56.7 cm³/mol. The van der Waals surface area contributed by atoms with Crippen molar-refractivity contribution in [2.75, 3.05) is 14.2 Å². The van der Waals surface area contributed by atoms with Gasteiger partial charge in [-0.2, -0.15) is 0 Å². The highest BCUT2D eigenvalue weighted by Crippen LogP contribution is 2.27. The van der Waals surface area contributed by atoms with Crippen molar-refractivity contribution >= 4 is 6.09 Å². The first-order valence-corrected chi connectivity index (χ1v) is 4.66. The molecule has 1 amide bonds. The topological polar surface area (TPSA) is 49.8 Å². The van der Waals surface area contributed by atoms with Gasteiger partial charge in [0.25, 0.3) is 0 Å². The van der Waals surface area contributed by atoms with E-state index in [9.17, 15) is 9.90 Å². The molecule has 0 aliphatic rings. The van der Waals surface area contributed by atoms with Crippen LogP contribution in [-0.2, 0) is 4.74 Å². The van der Waals surface area contributed by atoms with E-state index < -0.39 is 6.09 Å². The summed E-state index contributed by atoms with van der Waals surface area (Å²) in [5.74, 6) is 0.181. The van der Waals surface area contributed by atoms with Gasteiger partial charge in [-0.05, 0) is 13.0 Å². The molecule has 0 spiro atoms. The van der Waals surface area contributed by atoms with Gasteiger partial charge in [0.15, 0.2) is 0 Å². The first-order valence-electron chi connectivity index (χ1n) is 4.66. The van der Waals surface area contributed by atoms with Crippen LogP contribution in [0.15, 0.2) is 24.3 Å². The van der Waals surface area contributed by atoms with Crippen LogP contribution in [0.3, 0.4) is 0 Å². The maximum absolute atomic E-state index is 11.3. The second-order valence-corrected chi connectivity index (χ2v) is 3.32. The van der Waals surface area contributed by atoms with E-state index in [4.69, 9.17) is 0 Å². The molecule has 1 aromatic carbocycles. The molecule has 0 aromatic heterocycles. The number of amides is 1. The summed E-state index contributed by atoms with van der Waals surface area (Å²) in [6.07, 6.45) is -0.425. The van der Waals surface area contributed by atoms with Gasteiger partial charge in [-0.25, -0.2) is 4.79 Å². The van der Waals surface area contributed by atoms with Gasteiger partial charge in [0.2, 0.25) is 0 Å². The van der Waals surface area contributed by atoms with Crippen LogP contribution in [0.4, 0.5) is 4.79 Å². The summed E-state index contributed by atoms with van der Waals surface area (Å²) >= 11 is 0. The maximum atomic E-state index is 11.3. The van der Waals surface area contributed by atoms with Gasteiger partial charge < -0.3 is 14.7 Å². The fourth-order valence-electron chi connectivity index (χ4n) is 1.35. The molecule has 4 heteroatoms. The molecule has 1 unspecified atom stereocenters. The van der Waals surface area contributed by atoms with E-state index in [1.807, 2.05) is 13.0 Å². The van der Waals surface area contributed by atoms with Gasteiger partial charge in [-0.3, -0.25) is 0 Å². The Labute approximate surface area is 89.1 Å². The van der Waals surface area contributed by atoms with E-state index in [-0.39, 0.29) is 11.8 Å². The lowest BCUT2D eigenvalue weighted by molar-refractivity contribution is 0.120. The minimum Gasteiger partial charge on any atom is -0.508 e. The SMILES string of the molecule is COC(=O)N(C)C(C)c1ccccc1O. The molecule has 0 aliphatic heterocycles. The molecule has 0 bridgehead atoms. The number of nitrogens with zero attached hydrogens (tertiary/aromatic N) is 1. The molecular weight excluding hydrogens is 194 g/mol. The number of para-hydroxylation sites is 1. The lowest BCUT2D eigenvalue weighted by Crippen LogP contribution is -2.29. The highest BCUT2D eigenvalue weighted by atomic mass is 16.5. The molecule has 0 fully saturated rings. The van der Waals surface area contributed by atoms with Crippen LogP contribution in [0.1, 0.15) is 18.5 Å². The first kappa shape index (κ1) is 11.4. The number of phenolic OH excluding ortho intramolecular Hbond substituents is 1. The minimum atomic E-state index is -0.425. The molecule has 0 saturated carbocycles. The van der Waals surface area contributed by atoms with Crippen LogP contribution in [0.5, 0.6) is 5.75 Å². The number of carbonyl (C=O) groups excluding carboxylic acids is 1. The molecule has 1 rings (SSSR count). The van der Waals surface area contributed by atoms with Gasteiger partial charge in [0.05, 0.1) is 13.2 Å². The molecule has 0 aliphatic carbocycles. The van der Waals surface area contributed by atoms with Crippen LogP contribution in [-0.4, -0.2) is 30.3 Å². The summed E-state index contributed by atoms with van der Waals surface area (Å²) in [5.41, 5.74) is 0.699. The normalized spacial score (nSPS) is 11.9. The van der Waals surface area contributed by atoms with Gasteiger partial charge in [0.1, 0.15) is 5.75 Å². The van der Waals surface area contributed by atoms with E-state index in [2.05, 4.69) is 4.74 Å². The number of ether oxygens (including phenoxy) is 1. The third kappa shape index (κ3) is 2.40. The predicted octanol–water partition coefficient (Wildman–Crippen LogP) is 2.15. The van der Waals surface area contributed by atoms with Crippen molar-refractivity contribution in [2.45, 2.75) is 13.0 Å². The number of rotatable bonds is 2. The number of benzene rings is 1. The highest BCUT2D eigenvalue weighted by molar-refractivity contribution is 5.67. The Morgan fingerprint density at radius 1 is 1.47 bits per heavy atom. The standard InChI is InChI=1S/C11H15NO3/c1-8(12(2)11(14)15-3)9-6-4-5-7-10(9)13/h4-8,13H,1-3H3. The van der Waals surface area contributed by atoms with Crippen LogP contribution in [0.2, 0.25) is 0 Å². The monoisotopic (exact) mass is 209 g/mol. The van der Waals surface area contributed by atoms with Crippen LogP contribution >= 0.6 is 0 Å². The molecule has 0 radical (unpaired) electrons. The van der Waals surface area contributed by atoms with Crippen molar-refractivity contribution in [3.63, 3.8) is 0 Å². The van der Waals surface area contributed by atoms with Crippen molar-refractivity contribution in [1.82, 2.24) is 4.90 Å². The Hall–Kier alpha value is -1.71. The molecule has 0 saturated heterocycles. The second-order valence-electron chi connectivity index (χ2n) is 3.32. The Morgan fingerprint density at radius 2 is 2.07 bits per heavy atom. The molecule has 4 nitrogen and oxygen atoms in total. The molecule has 82 valence electrons. The minimum absolute atomic E-state index is 0.181. The van der Waals surface area contributed by atoms with Crippen LogP contribution in [0.25, 0.3) is 0 Å². The fraction of sp³-hybridized carbons (Fsp3) is 0.364. The fourth-order valence-corrected chi connectivity index (χ4v) is 1.35. The first-order chi connectivity index (χ1) is 7.07. The summed E-state index contributed by atoms with van der Waals surface area (Å²) in [5, 5.41) is 9.61. The highest BCUT2D eigenvalue weighted by Gasteiger charge is 2.19. The average molecular weight is 209 g/mol. The van der Waals surface area contributed by atoms with Gasteiger partial charge in [0, 0.05) is 12.6 Å². The molecule has 1 aromatic rings. The number of methoxy groups -OCH3 is 1. The van der Waals surface area contributed by atoms with Crippen molar-refractivity contribution < 1.29 is 14.6 Å². The summed E-state index contributed by atoms with van der Waals surface area (Å²) in [6, 6.07) is 6.70. The Bertz CT molecular complexity index is 351. The third-order valence-electron chi connectivity index (χ3n) is 2.43. The maximum Gasteiger partial charge on any atom is 0.409 e. The number of aromatic hydroxyl groups is 1.